The van der Waals surface area contributed by atoms with Crippen LogP contribution < -0.4 is 17.0 Å². The number of hydrogen-bond acceptors (Lipinski definition) is 2. The van der Waals surface area contributed by atoms with Crippen molar-refractivity contribution in [1.29, 1.82) is 0 Å². The van der Waals surface area contributed by atoms with Crippen LogP contribution in [0.4, 0.5) is 0 Å². The zero-order valence-electron chi connectivity index (χ0n) is 6.55. The van der Waals surface area contributed by atoms with Crippen molar-refractivity contribution >= 4 is 0 Å². The minimum Gasteiger partial charge on any atom is -1.00 e. The molecule has 0 aromatic heterocycles. The van der Waals surface area contributed by atoms with E-state index >= 15 is 0 Å². The van der Waals surface area contributed by atoms with Crippen LogP contribution in [0.2, 0.25) is 0 Å². The lowest BCUT2D eigenvalue weighted by Gasteiger charge is -2.27. The normalized spacial score (nSPS) is 10.8. The molecule has 0 rings (SSSR count). The fourth-order valence-corrected chi connectivity index (χ4v) is 0.653. The Morgan fingerprint density at radius 1 is 1.00 bits per heavy atom. The van der Waals surface area contributed by atoms with Gasteiger partial charge < -0.3 is 31.7 Å². The quantitative estimate of drug-likeness (QED) is 0.469. The molecule has 2 N–H and O–H groups in total. The molecule has 0 heterocycles. The third-order valence-electron chi connectivity index (χ3n) is 1.41. The second-order valence-electron chi connectivity index (χ2n) is 2.83. The Hall–Kier alpha value is 0.360. The van der Waals surface area contributed by atoms with E-state index in [-0.39, 0.29) is 30.2 Å². The van der Waals surface area contributed by atoms with E-state index in [4.69, 9.17) is 10.2 Å². The van der Waals surface area contributed by atoms with E-state index in [0.29, 0.717) is 17.6 Å². The first-order valence-corrected chi connectivity index (χ1v) is 3.16. The lowest BCUT2D eigenvalue weighted by atomic mass is 10.4. The Morgan fingerprint density at radius 2 is 1.30 bits per heavy atom. The molecule has 0 fully saturated rings. The van der Waals surface area contributed by atoms with Crippen LogP contribution in [-0.2, 0) is 0 Å². The summed E-state index contributed by atoms with van der Waals surface area (Å²) in [5.74, 6) is 0. The SMILES string of the molecule is C[N+](C)(CCO)CCO.[Br-]. The van der Waals surface area contributed by atoms with Crippen LogP contribution >= 0.6 is 0 Å². The smallest absolute Gasteiger partial charge is 0.102 e. The van der Waals surface area contributed by atoms with Crippen molar-refractivity contribution in [2.75, 3.05) is 40.4 Å². The highest BCUT2D eigenvalue weighted by molar-refractivity contribution is 4.29. The first-order chi connectivity index (χ1) is 4.12. The van der Waals surface area contributed by atoms with Crippen LogP contribution in [0.3, 0.4) is 0 Å². The Bertz CT molecular complexity index is 70.1. The number of rotatable bonds is 4. The molecule has 0 aliphatic carbocycles. The summed E-state index contributed by atoms with van der Waals surface area (Å²) < 4.78 is 0.688. The molecule has 64 valence electrons. The predicted octanol–water partition coefficient (Wildman–Crippen LogP) is -3.95. The van der Waals surface area contributed by atoms with Gasteiger partial charge in [-0.3, -0.25) is 0 Å². The summed E-state index contributed by atoms with van der Waals surface area (Å²) in [6, 6.07) is 0. The summed E-state index contributed by atoms with van der Waals surface area (Å²) in [6.45, 7) is 1.79. The number of hydrogen-bond donors (Lipinski definition) is 2. The van der Waals surface area contributed by atoms with Gasteiger partial charge >= 0.3 is 0 Å². The van der Waals surface area contributed by atoms with Crippen molar-refractivity contribution < 1.29 is 31.7 Å². The highest BCUT2D eigenvalue weighted by Gasteiger charge is 2.11. The van der Waals surface area contributed by atoms with E-state index in [9.17, 15) is 0 Å². The summed E-state index contributed by atoms with van der Waals surface area (Å²) in [5.41, 5.74) is 0. The summed E-state index contributed by atoms with van der Waals surface area (Å²) in [4.78, 5) is 0. The third kappa shape index (κ3) is 6.48. The van der Waals surface area contributed by atoms with Crippen LogP contribution in [0.5, 0.6) is 0 Å². The average Bonchev–Trinajstić information content (AvgIpc) is 1.64. The molecule has 0 aliphatic heterocycles. The first-order valence-electron chi connectivity index (χ1n) is 3.16. The van der Waals surface area contributed by atoms with Gasteiger partial charge in [0.15, 0.2) is 0 Å². The summed E-state index contributed by atoms with van der Waals surface area (Å²) >= 11 is 0. The molecule has 0 saturated heterocycles. The van der Waals surface area contributed by atoms with Crippen molar-refractivity contribution in [3.8, 4) is 0 Å². The molecule has 0 atom stereocenters. The van der Waals surface area contributed by atoms with Gasteiger partial charge in [-0.25, -0.2) is 0 Å². The molecular weight excluding hydrogens is 198 g/mol. The molecule has 0 unspecified atom stereocenters. The number of nitrogens with zero attached hydrogens (tertiary/aromatic N) is 1. The Kier molecular flexibility index (Phi) is 7.92. The second kappa shape index (κ2) is 6.09. The van der Waals surface area contributed by atoms with Gasteiger partial charge in [0.2, 0.25) is 0 Å². The minimum absolute atomic E-state index is 0. The highest BCUT2D eigenvalue weighted by Crippen LogP contribution is 1.92. The van der Waals surface area contributed by atoms with Crippen LogP contribution in [0.25, 0.3) is 0 Å². The summed E-state index contributed by atoms with van der Waals surface area (Å²) in [7, 11) is 3.96. The monoisotopic (exact) mass is 213 g/mol. The molecule has 10 heavy (non-hydrogen) atoms. The fourth-order valence-electron chi connectivity index (χ4n) is 0.653. The van der Waals surface area contributed by atoms with Crippen LogP contribution in [0.15, 0.2) is 0 Å². The summed E-state index contributed by atoms with van der Waals surface area (Å²) in [6.07, 6.45) is 0. The van der Waals surface area contributed by atoms with E-state index in [0.717, 1.165) is 0 Å². The molecule has 4 heteroatoms. The van der Waals surface area contributed by atoms with Gasteiger partial charge in [-0.05, 0) is 0 Å². The Balaban J connectivity index is 0. The average molecular weight is 214 g/mol. The van der Waals surface area contributed by atoms with Crippen molar-refractivity contribution in [3.05, 3.63) is 0 Å². The zero-order valence-corrected chi connectivity index (χ0v) is 8.13. The Morgan fingerprint density at radius 3 is 1.50 bits per heavy atom. The van der Waals surface area contributed by atoms with E-state index in [1.807, 2.05) is 14.1 Å². The molecule has 0 spiro atoms. The minimum atomic E-state index is 0. The van der Waals surface area contributed by atoms with Gasteiger partial charge in [0.05, 0.1) is 27.3 Å². The standard InChI is InChI=1S/C6H16NO2.BrH/c1-7(2,3-5-8)4-6-9;/h8-9H,3-6H2,1-2H3;1H/q+1;/p-1. The van der Waals surface area contributed by atoms with Crippen molar-refractivity contribution in [3.63, 3.8) is 0 Å². The molecule has 0 amide bonds. The maximum atomic E-state index is 8.53. The maximum absolute atomic E-state index is 8.53. The van der Waals surface area contributed by atoms with E-state index in [2.05, 4.69) is 0 Å². The number of likely N-dealkylation sites (N-methyl/N-ethyl adjacent to an activating group) is 1. The van der Waals surface area contributed by atoms with Gasteiger partial charge in [-0.2, -0.15) is 0 Å². The van der Waals surface area contributed by atoms with Gasteiger partial charge in [0, 0.05) is 0 Å². The van der Waals surface area contributed by atoms with Gasteiger partial charge in [0.1, 0.15) is 13.1 Å². The molecule has 0 aliphatic rings. The number of aliphatic hydroxyl groups is 2. The Labute approximate surface area is 72.6 Å². The van der Waals surface area contributed by atoms with Crippen molar-refractivity contribution in [2.45, 2.75) is 0 Å². The first kappa shape index (κ1) is 13.0. The second-order valence-corrected chi connectivity index (χ2v) is 2.83. The van der Waals surface area contributed by atoms with E-state index in [1.165, 1.54) is 0 Å². The van der Waals surface area contributed by atoms with E-state index in [1.54, 1.807) is 0 Å². The lowest BCUT2D eigenvalue weighted by Crippen LogP contribution is -3.00. The lowest BCUT2D eigenvalue weighted by molar-refractivity contribution is -0.890. The highest BCUT2D eigenvalue weighted by atomic mass is 79.9. The van der Waals surface area contributed by atoms with Crippen LogP contribution in [0, 0.1) is 0 Å². The number of quaternary nitrogens is 1. The summed E-state index contributed by atoms with van der Waals surface area (Å²) in [5, 5.41) is 17.1. The van der Waals surface area contributed by atoms with Crippen LogP contribution in [0.1, 0.15) is 0 Å². The zero-order chi connectivity index (χ0) is 7.33. The van der Waals surface area contributed by atoms with Crippen molar-refractivity contribution in [2.24, 2.45) is 0 Å². The molecule has 0 radical (unpaired) electrons. The van der Waals surface area contributed by atoms with Gasteiger partial charge in [-0.15, -0.1) is 0 Å². The molecule has 0 bridgehead atoms. The number of aliphatic hydroxyl groups excluding tert-OH is 2. The topological polar surface area (TPSA) is 40.5 Å². The molecule has 0 saturated carbocycles. The van der Waals surface area contributed by atoms with Crippen LogP contribution in [-0.4, -0.2) is 55.1 Å². The molecular formula is C6H16BrNO2. The predicted molar refractivity (Wildman–Crippen MR) is 36.0 cm³/mol. The largest absolute Gasteiger partial charge is 1.00 e. The molecule has 0 aromatic carbocycles. The number of halogens is 1. The van der Waals surface area contributed by atoms with Gasteiger partial charge in [0.25, 0.3) is 0 Å². The molecule has 0 aromatic rings. The fraction of sp³-hybridized carbons (Fsp3) is 1.00. The molecule has 3 nitrogen and oxygen atoms in total. The maximum Gasteiger partial charge on any atom is 0.102 e. The van der Waals surface area contributed by atoms with E-state index < -0.39 is 0 Å². The van der Waals surface area contributed by atoms with Gasteiger partial charge in [-0.1, -0.05) is 0 Å². The van der Waals surface area contributed by atoms with Crippen molar-refractivity contribution in [1.82, 2.24) is 0 Å². The third-order valence-corrected chi connectivity index (χ3v) is 1.41.